The van der Waals surface area contributed by atoms with Crippen molar-refractivity contribution in [3.05, 3.63) is 83.4 Å². The minimum Gasteiger partial charge on any atom is -0.497 e. The van der Waals surface area contributed by atoms with E-state index in [0.29, 0.717) is 23.3 Å². The van der Waals surface area contributed by atoms with E-state index in [1.54, 1.807) is 24.3 Å². The summed E-state index contributed by atoms with van der Waals surface area (Å²) in [6, 6.07) is 19.3. The summed E-state index contributed by atoms with van der Waals surface area (Å²) < 4.78 is 38.5. The number of hydrogen-bond donors (Lipinski definition) is 1. The van der Waals surface area contributed by atoms with Crippen LogP contribution in [0.15, 0.2) is 82.8 Å². The summed E-state index contributed by atoms with van der Waals surface area (Å²) >= 11 is 5.97. The van der Waals surface area contributed by atoms with Gasteiger partial charge in [0, 0.05) is 5.02 Å². The molecular weight excluding hydrogens is 502 g/mol. The second kappa shape index (κ2) is 12.4. The Hall–Kier alpha value is -3.56. The predicted octanol–water partition coefficient (Wildman–Crippen LogP) is 4.73. The molecule has 0 heterocycles. The summed E-state index contributed by atoms with van der Waals surface area (Å²) in [5.74, 6) is 1.06. The molecule has 0 fully saturated rings. The summed E-state index contributed by atoms with van der Waals surface area (Å²) in [6.07, 6.45) is 1.47. The van der Waals surface area contributed by atoms with Crippen molar-refractivity contribution in [2.24, 2.45) is 11.0 Å². The smallest absolute Gasteiger partial charge is 0.264 e. The molecule has 0 aromatic heterocycles. The lowest BCUT2D eigenvalue weighted by Crippen LogP contribution is -2.39. The van der Waals surface area contributed by atoms with Crippen LogP contribution in [-0.4, -0.2) is 40.8 Å². The fourth-order valence-electron chi connectivity index (χ4n) is 3.05. The van der Waals surface area contributed by atoms with E-state index in [-0.39, 0.29) is 10.6 Å². The first-order valence-electron chi connectivity index (χ1n) is 11.2. The highest BCUT2D eigenvalue weighted by Gasteiger charge is 2.27. The van der Waals surface area contributed by atoms with E-state index in [9.17, 15) is 13.2 Å². The first-order valence-corrected chi connectivity index (χ1v) is 13.0. The Bertz CT molecular complexity index is 1280. The Morgan fingerprint density at radius 2 is 1.61 bits per heavy atom. The van der Waals surface area contributed by atoms with Crippen LogP contribution in [0, 0.1) is 5.92 Å². The SMILES string of the molecule is COc1ccc(S(=O)(=O)N(CC(=O)N/N=C\c2ccc(OCC(C)C)cc2)c2ccc(Cl)cc2)cc1. The lowest BCUT2D eigenvalue weighted by molar-refractivity contribution is -0.119. The predicted molar refractivity (Wildman–Crippen MR) is 141 cm³/mol. The van der Waals surface area contributed by atoms with Crippen LogP contribution in [0.2, 0.25) is 5.02 Å². The van der Waals surface area contributed by atoms with Gasteiger partial charge >= 0.3 is 0 Å². The molecule has 0 spiro atoms. The number of benzene rings is 3. The molecule has 0 aliphatic heterocycles. The third-order valence-corrected chi connectivity index (χ3v) is 6.96. The number of nitrogens with zero attached hydrogens (tertiary/aromatic N) is 2. The number of carbonyl (C=O) groups excluding carboxylic acids is 1. The van der Waals surface area contributed by atoms with E-state index in [1.165, 1.54) is 49.7 Å². The Morgan fingerprint density at radius 3 is 2.19 bits per heavy atom. The van der Waals surface area contributed by atoms with E-state index in [0.717, 1.165) is 15.6 Å². The number of nitrogens with one attached hydrogen (secondary N) is 1. The molecule has 36 heavy (non-hydrogen) atoms. The summed E-state index contributed by atoms with van der Waals surface area (Å²) in [6.45, 7) is 4.27. The van der Waals surface area contributed by atoms with Gasteiger partial charge in [0.2, 0.25) is 0 Å². The van der Waals surface area contributed by atoms with E-state index in [4.69, 9.17) is 21.1 Å². The number of ether oxygens (including phenoxy) is 2. The van der Waals surface area contributed by atoms with Crippen molar-refractivity contribution >= 4 is 39.4 Å². The van der Waals surface area contributed by atoms with Gasteiger partial charge in [-0.15, -0.1) is 0 Å². The van der Waals surface area contributed by atoms with Crippen LogP contribution >= 0.6 is 11.6 Å². The van der Waals surface area contributed by atoms with Crippen LogP contribution in [-0.2, 0) is 14.8 Å². The molecule has 190 valence electrons. The van der Waals surface area contributed by atoms with Crippen LogP contribution in [0.25, 0.3) is 0 Å². The van der Waals surface area contributed by atoms with Gasteiger partial charge in [0.15, 0.2) is 0 Å². The Kier molecular flexibility index (Phi) is 9.32. The van der Waals surface area contributed by atoms with Crippen molar-refractivity contribution in [3.8, 4) is 11.5 Å². The quantitative estimate of drug-likeness (QED) is 0.286. The molecule has 0 unspecified atom stereocenters. The fraction of sp³-hybridized carbons (Fsp3) is 0.231. The topological polar surface area (TPSA) is 97.3 Å². The monoisotopic (exact) mass is 529 g/mol. The molecular formula is C26H28ClN3O5S. The summed E-state index contributed by atoms with van der Waals surface area (Å²) in [5.41, 5.74) is 3.41. The van der Waals surface area contributed by atoms with Gasteiger partial charge in [0.1, 0.15) is 18.0 Å². The number of carbonyl (C=O) groups is 1. The van der Waals surface area contributed by atoms with Gasteiger partial charge in [-0.3, -0.25) is 9.10 Å². The third kappa shape index (κ3) is 7.47. The molecule has 3 rings (SSSR count). The number of hydrazone groups is 1. The molecule has 10 heteroatoms. The normalized spacial score (nSPS) is 11.5. The number of rotatable bonds is 11. The van der Waals surface area contributed by atoms with Gasteiger partial charge in [-0.1, -0.05) is 25.4 Å². The molecule has 0 aliphatic carbocycles. The highest BCUT2D eigenvalue weighted by atomic mass is 35.5. The van der Waals surface area contributed by atoms with Crippen LogP contribution in [0.1, 0.15) is 19.4 Å². The minimum absolute atomic E-state index is 0.00864. The van der Waals surface area contributed by atoms with Crippen molar-refractivity contribution in [2.45, 2.75) is 18.7 Å². The second-order valence-corrected chi connectivity index (χ2v) is 10.5. The first kappa shape index (κ1) is 27.0. The molecule has 0 atom stereocenters. The van der Waals surface area contributed by atoms with Gasteiger partial charge in [0.25, 0.3) is 15.9 Å². The zero-order chi connectivity index (χ0) is 26.1. The van der Waals surface area contributed by atoms with E-state index in [2.05, 4.69) is 24.4 Å². The summed E-state index contributed by atoms with van der Waals surface area (Å²) in [5, 5.41) is 4.40. The Labute approximate surface area is 216 Å². The lowest BCUT2D eigenvalue weighted by Gasteiger charge is -2.23. The van der Waals surface area contributed by atoms with Crippen LogP contribution in [0.4, 0.5) is 5.69 Å². The van der Waals surface area contributed by atoms with Gasteiger partial charge in [-0.05, 0) is 84.3 Å². The average Bonchev–Trinajstić information content (AvgIpc) is 2.87. The standard InChI is InChI=1S/C26H28ClN3O5S/c1-19(2)18-35-24-10-4-20(5-11-24)16-28-29-26(31)17-30(22-8-6-21(27)7-9-22)36(32,33)25-14-12-23(34-3)13-15-25/h4-16,19H,17-18H2,1-3H3,(H,29,31)/b28-16-. The van der Waals surface area contributed by atoms with E-state index in [1.807, 2.05) is 12.1 Å². The van der Waals surface area contributed by atoms with Crippen LogP contribution < -0.4 is 19.2 Å². The number of methoxy groups -OCH3 is 1. The van der Waals surface area contributed by atoms with Crippen LogP contribution in [0.3, 0.4) is 0 Å². The summed E-state index contributed by atoms with van der Waals surface area (Å²) in [7, 11) is -2.58. The molecule has 0 bridgehead atoms. The highest BCUT2D eigenvalue weighted by Crippen LogP contribution is 2.26. The molecule has 1 amide bonds. The van der Waals surface area contributed by atoms with E-state index >= 15 is 0 Å². The van der Waals surface area contributed by atoms with E-state index < -0.39 is 22.5 Å². The molecule has 0 saturated carbocycles. The average molecular weight is 530 g/mol. The van der Waals surface area contributed by atoms with Gasteiger partial charge < -0.3 is 9.47 Å². The van der Waals surface area contributed by atoms with Gasteiger partial charge in [-0.2, -0.15) is 5.10 Å². The minimum atomic E-state index is -4.07. The molecule has 3 aromatic carbocycles. The number of anilines is 1. The van der Waals surface area contributed by atoms with Crippen molar-refractivity contribution in [1.29, 1.82) is 0 Å². The largest absolute Gasteiger partial charge is 0.497 e. The molecule has 8 nitrogen and oxygen atoms in total. The lowest BCUT2D eigenvalue weighted by atomic mass is 10.2. The molecule has 0 aliphatic rings. The van der Waals surface area contributed by atoms with Crippen molar-refractivity contribution in [2.75, 3.05) is 24.6 Å². The number of hydrogen-bond acceptors (Lipinski definition) is 6. The first-order chi connectivity index (χ1) is 17.2. The fourth-order valence-corrected chi connectivity index (χ4v) is 4.60. The second-order valence-electron chi connectivity index (χ2n) is 8.23. The molecule has 3 aromatic rings. The maximum Gasteiger partial charge on any atom is 0.264 e. The van der Waals surface area contributed by atoms with Crippen molar-refractivity contribution in [3.63, 3.8) is 0 Å². The zero-order valence-corrected chi connectivity index (χ0v) is 21.8. The maximum absolute atomic E-state index is 13.4. The van der Waals surface area contributed by atoms with Crippen molar-refractivity contribution in [1.82, 2.24) is 5.43 Å². The third-order valence-electron chi connectivity index (χ3n) is 4.92. The molecule has 1 N–H and O–H groups in total. The maximum atomic E-state index is 13.4. The van der Waals surface area contributed by atoms with Crippen LogP contribution in [0.5, 0.6) is 11.5 Å². The number of amides is 1. The highest BCUT2D eigenvalue weighted by molar-refractivity contribution is 7.92. The van der Waals surface area contributed by atoms with Crippen molar-refractivity contribution < 1.29 is 22.7 Å². The van der Waals surface area contributed by atoms with Gasteiger partial charge in [0.05, 0.1) is 30.5 Å². The zero-order valence-electron chi connectivity index (χ0n) is 20.2. The molecule has 0 radical (unpaired) electrons. The Morgan fingerprint density at radius 1 is 1.00 bits per heavy atom. The number of halogens is 1. The van der Waals surface area contributed by atoms with Gasteiger partial charge in [-0.25, -0.2) is 13.8 Å². The number of sulfonamides is 1. The molecule has 0 saturated heterocycles. The Balaban J connectivity index is 1.73. The summed E-state index contributed by atoms with van der Waals surface area (Å²) in [4.78, 5) is 12.7.